The number of thioether (sulfide) groups is 13. The Bertz CT molecular complexity index is 713. The van der Waals surface area contributed by atoms with Crippen molar-refractivity contribution in [3.8, 4) is 0 Å². The van der Waals surface area contributed by atoms with Crippen LogP contribution in [0, 0.1) is 0 Å². The molecule has 0 amide bonds. The zero-order valence-corrected chi connectivity index (χ0v) is 34.7. The fourth-order valence-electron chi connectivity index (χ4n) is 1.88. The monoisotopic (exact) mass is 866 g/mol. The molecule has 254 valence electrons. The third-order valence-electron chi connectivity index (χ3n) is 3.59. The standard InChI is InChI=1S/C21H38O8S14/c22-6-34-14-36-8-28-19(24)3-31-11-38-10-30-1-2-43(27)18-41-16-40-17-42-21(26)5-33-13-39-12-32-4-20(25)29-9-37-15-35-7-23/h22-23H,1-18H2. The van der Waals surface area contributed by atoms with Crippen molar-refractivity contribution in [1.29, 1.82) is 0 Å². The highest BCUT2D eigenvalue weighted by molar-refractivity contribution is 8.29. The normalized spacial score (nSPS) is 11.9. The van der Waals surface area contributed by atoms with Gasteiger partial charge in [0.25, 0.3) is 0 Å². The van der Waals surface area contributed by atoms with Gasteiger partial charge in [-0.1, -0.05) is 11.8 Å². The van der Waals surface area contributed by atoms with Crippen LogP contribution >= 0.6 is 153 Å². The lowest BCUT2D eigenvalue weighted by Gasteiger charge is -2.05. The number of aliphatic hydroxyl groups is 2. The molecule has 0 bridgehead atoms. The lowest BCUT2D eigenvalue weighted by molar-refractivity contribution is -0.139. The summed E-state index contributed by atoms with van der Waals surface area (Å²) in [5, 5.41) is 24.3. The van der Waals surface area contributed by atoms with Crippen molar-refractivity contribution >= 4 is 181 Å². The largest absolute Gasteiger partial charge is 0.454 e. The summed E-state index contributed by atoms with van der Waals surface area (Å²) in [5.74, 6) is 2.96. The summed E-state index contributed by atoms with van der Waals surface area (Å²) < 4.78 is 22.3. The average Bonchev–Trinajstić information content (AvgIpc) is 2.99. The van der Waals surface area contributed by atoms with E-state index in [4.69, 9.17) is 19.7 Å². The molecule has 0 aromatic rings. The van der Waals surface area contributed by atoms with E-state index in [1.807, 2.05) is 0 Å². The van der Waals surface area contributed by atoms with Gasteiger partial charge in [-0.05, 0) is 0 Å². The average molecular weight is 867 g/mol. The molecule has 2 N–H and O–H groups in total. The first kappa shape index (κ1) is 46.2. The van der Waals surface area contributed by atoms with Gasteiger partial charge in [0.2, 0.25) is 0 Å². The molecule has 1 atom stereocenters. The molecule has 0 aliphatic rings. The van der Waals surface area contributed by atoms with Crippen molar-refractivity contribution in [2.24, 2.45) is 0 Å². The second kappa shape index (κ2) is 38.0. The molecule has 0 aromatic carbocycles. The predicted octanol–water partition coefficient (Wildman–Crippen LogP) is 6.31. The van der Waals surface area contributed by atoms with Crippen LogP contribution in [0.3, 0.4) is 0 Å². The van der Waals surface area contributed by atoms with E-state index in [-0.39, 0.29) is 28.9 Å². The van der Waals surface area contributed by atoms with Crippen LogP contribution in [0.5, 0.6) is 0 Å². The van der Waals surface area contributed by atoms with Gasteiger partial charge < -0.3 is 19.7 Å². The molecule has 0 radical (unpaired) electrons. The second-order valence-corrected chi connectivity index (χ2v) is 24.5. The van der Waals surface area contributed by atoms with Gasteiger partial charge in [-0.15, -0.1) is 129 Å². The molecule has 43 heavy (non-hydrogen) atoms. The summed E-state index contributed by atoms with van der Waals surface area (Å²) in [6, 6.07) is 0. The minimum atomic E-state index is -0.849. The summed E-state index contributed by atoms with van der Waals surface area (Å²) in [5.41, 5.74) is 0. The number of carbonyl (C=O) groups is 3. The Hall–Kier alpha value is 3.23. The van der Waals surface area contributed by atoms with Crippen LogP contribution in [0.25, 0.3) is 0 Å². The minimum Gasteiger partial charge on any atom is -0.454 e. The van der Waals surface area contributed by atoms with Crippen molar-refractivity contribution in [3.63, 3.8) is 0 Å². The molecule has 0 aromatic heterocycles. The topological polar surface area (TPSA) is 127 Å². The summed E-state index contributed by atoms with van der Waals surface area (Å²) in [6.45, 7) is 0. The molecular formula is C21H38O8S14. The summed E-state index contributed by atoms with van der Waals surface area (Å²) >= 11 is 20.1. The van der Waals surface area contributed by atoms with E-state index in [9.17, 15) is 18.6 Å². The van der Waals surface area contributed by atoms with Crippen LogP contribution < -0.4 is 0 Å². The highest BCUT2D eigenvalue weighted by atomic mass is 32.3. The predicted molar refractivity (Wildman–Crippen MR) is 216 cm³/mol. The number of hydrogen-bond donors (Lipinski definition) is 2. The van der Waals surface area contributed by atoms with E-state index in [0.717, 1.165) is 31.2 Å². The summed E-state index contributed by atoms with van der Waals surface area (Å²) in [4.78, 5) is 35.2. The maximum Gasteiger partial charge on any atom is 0.316 e. The SMILES string of the molecule is O=C(CSCSCSCCS(=O)CSCSCSC(=O)CSCSCSCC(=O)OCSCSCO)OCSCSCO. The Balaban J connectivity index is 3.38. The van der Waals surface area contributed by atoms with E-state index in [2.05, 4.69) is 0 Å². The Kier molecular flexibility index (Phi) is 40.9. The molecule has 0 aliphatic heterocycles. The Morgan fingerprint density at radius 3 is 1.56 bits per heavy atom. The maximum atomic E-state index is 12.2. The van der Waals surface area contributed by atoms with E-state index in [1.165, 1.54) is 82.3 Å². The van der Waals surface area contributed by atoms with Gasteiger partial charge in [-0.3, -0.25) is 18.6 Å². The van der Waals surface area contributed by atoms with Crippen molar-refractivity contribution in [2.75, 3.05) is 98.3 Å². The van der Waals surface area contributed by atoms with Gasteiger partial charge in [-0.25, -0.2) is 0 Å². The summed E-state index contributed by atoms with van der Waals surface area (Å²) in [7, 11) is -0.849. The van der Waals surface area contributed by atoms with Gasteiger partial charge in [0.15, 0.2) is 5.12 Å². The molecule has 0 spiro atoms. The number of esters is 2. The molecule has 0 aliphatic carbocycles. The fourth-order valence-corrected chi connectivity index (χ4v) is 16.3. The molecule has 8 nitrogen and oxygen atoms in total. The van der Waals surface area contributed by atoms with Crippen LogP contribution in [-0.2, 0) is 34.7 Å². The number of ether oxygens (including phenoxy) is 2. The maximum absolute atomic E-state index is 12.2. The van der Waals surface area contributed by atoms with E-state index >= 15 is 0 Å². The van der Waals surface area contributed by atoms with Crippen molar-refractivity contribution < 1.29 is 38.3 Å². The van der Waals surface area contributed by atoms with Gasteiger partial charge in [-0.2, -0.15) is 11.8 Å². The number of aliphatic hydroxyl groups excluding tert-OH is 2. The molecule has 1 unspecified atom stereocenters. The zero-order valence-electron chi connectivity index (χ0n) is 23.3. The summed E-state index contributed by atoms with van der Waals surface area (Å²) in [6.07, 6.45) is 0. The Morgan fingerprint density at radius 2 is 1.00 bits per heavy atom. The number of rotatable bonds is 33. The van der Waals surface area contributed by atoms with Crippen LogP contribution in [0.1, 0.15) is 0 Å². The quantitative estimate of drug-likeness (QED) is 0.0434. The van der Waals surface area contributed by atoms with E-state index < -0.39 is 10.8 Å². The van der Waals surface area contributed by atoms with E-state index in [1.54, 1.807) is 70.6 Å². The van der Waals surface area contributed by atoms with Crippen molar-refractivity contribution in [2.45, 2.75) is 0 Å². The molecule has 0 saturated heterocycles. The molecular weight excluding hydrogens is 829 g/mol. The smallest absolute Gasteiger partial charge is 0.316 e. The Labute approximate surface area is 313 Å². The molecule has 0 heterocycles. The zero-order chi connectivity index (χ0) is 31.6. The first-order chi connectivity index (χ1) is 21.0. The molecule has 0 fully saturated rings. The van der Waals surface area contributed by atoms with E-state index in [0.29, 0.717) is 55.2 Å². The van der Waals surface area contributed by atoms with Crippen molar-refractivity contribution in [3.05, 3.63) is 0 Å². The van der Waals surface area contributed by atoms with Gasteiger partial charge in [0, 0.05) is 63.0 Å². The molecule has 0 saturated carbocycles. The van der Waals surface area contributed by atoms with Crippen LogP contribution in [-0.4, -0.2) is 130 Å². The second-order valence-electron chi connectivity index (χ2n) is 6.83. The highest BCUT2D eigenvalue weighted by Gasteiger charge is 2.07. The van der Waals surface area contributed by atoms with Crippen molar-refractivity contribution in [1.82, 2.24) is 0 Å². The van der Waals surface area contributed by atoms with Crippen LogP contribution in [0.2, 0.25) is 0 Å². The molecule has 0 rings (SSSR count). The molecule has 22 heteroatoms. The fraction of sp³-hybridized carbons (Fsp3) is 0.857. The lowest BCUT2D eigenvalue weighted by Crippen LogP contribution is -2.07. The third kappa shape index (κ3) is 37.9. The number of hydrogen-bond acceptors (Lipinski definition) is 21. The van der Waals surface area contributed by atoms with Crippen LogP contribution in [0.15, 0.2) is 0 Å². The van der Waals surface area contributed by atoms with Gasteiger partial charge in [0.1, 0.15) is 11.9 Å². The lowest BCUT2D eigenvalue weighted by atomic mass is 10.8. The number of carbonyl (C=O) groups excluding carboxylic acids is 3. The first-order valence-corrected chi connectivity index (χ1v) is 28.3. The first-order valence-electron chi connectivity index (χ1n) is 12.0. The van der Waals surface area contributed by atoms with Gasteiger partial charge >= 0.3 is 11.9 Å². The van der Waals surface area contributed by atoms with Crippen LogP contribution in [0.4, 0.5) is 0 Å². The highest BCUT2D eigenvalue weighted by Crippen LogP contribution is 2.23. The van der Waals surface area contributed by atoms with Gasteiger partial charge in [0.05, 0.1) is 34.2 Å². The Morgan fingerprint density at radius 1 is 0.535 bits per heavy atom. The minimum absolute atomic E-state index is 0.0693. The third-order valence-corrected chi connectivity index (χ3v) is 20.1.